The summed E-state index contributed by atoms with van der Waals surface area (Å²) in [6.07, 6.45) is 0. The lowest BCUT2D eigenvalue weighted by molar-refractivity contribution is 0.0841. The fourth-order valence-corrected chi connectivity index (χ4v) is 2.46. The summed E-state index contributed by atoms with van der Waals surface area (Å²) in [5.74, 6) is 0. The fraction of sp³-hybridized carbons (Fsp3) is 0.667. The standard InChI is InChI=1S/C18H31BN2OP/c1-17(2,18(3,4)23)22-19-16-8-6-7-15(13-16)14-21-11-9-20(5)10-12-21/h6-8,13H,9-12,14,23H2,1-5H3. The molecule has 23 heavy (non-hydrogen) atoms. The molecule has 1 aromatic carbocycles. The third-order valence-corrected chi connectivity index (χ3v) is 5.69. The van der Waals surface area contributed by atoms with E-state index in [0.29, 0.717) is 0 Å². The molecule has 1 saturated heterocycles. The highest BCUT2D eigenvalue weighted by Crippen LogP contribution is 2.33. The molecule has 1 atom stereocenters. The van der Waals surface area contributed by atoms with Gasteiger partial charge in [-0.1, -0.05) is 43.6 Å². The Hall–Kier alpha value is -0.405. The molecule has 5 heteroatoms. The Morgan fingerprint density at radius 2 is 1.78 bits per heavy atom. The molecule has 1 fully saturated rings. The minimum Gasteiger partial charge on any atom is -0.429 e. The van der Waals surface area contributed by atoms with Crippen molar-refractivity contribution in [2.24, 2.45) is 0 Å². The number of nitrogens with zero attached hydrogens (tertiary/aromatic N) is 2. The zero-order valence-electron chi connectivity index (χ0n) is 15.3. The Labute approximate surface area is 145 Å². The van der Waals surface area contributed by atoms with Crippen molar-refractivity contribution in [2.75, 3.05) is 33.2 Å². The van der Waals surface area contributed by atoms with E-state index in [2.05, 4.69) is 78.0 Å². The molecule has 0 aliphatic carbocycles. The van der Waals surface area contributed by atoms with Crippen LogP contribution in [0.4, 0.5) is 0 Å². The number of benzene rings is 1. The van der Waals surface area contributed by atoms with Crippen LogP contribution in [0, 0.1) is 0 Å². The second kappa shape index (κ2) is 7.65. The highest BCUT2D eigenvalue weighted by Gasteiger charge is 2.33. The predicted octanol–water partition coefficient (Wildman–Crippen LogP) is 2.13. The van der Waals surface area contributed by atoms with Crippen LogP contribution in [0.5, 0.6) is 0 Å². The summed E-state index contributed by atoms with van der Waals surface area (Å²) in [5.41, 5.74) is 2.26. The van der Waals surface area contributed by atoms with E-state index in [-0.39, 0.29) is 10.8 Å². The number of piperazine rings is 1. The second-order valence-electron chi connectivity index (χ2n) is 7.79. The van der Waals surface area contributed by atoms with Gasteiger partial charge in [0.1, 0.15) is 0 Å². The van der Waals surface area contributed by atoms with Crippen LogP contribution in [-0.2, 0) is 11.2 Å². The molecule has 0 N–H and O–H groups in total. The van der Waals surface area contributed by atoms with Gasteiger partial charge in [0.15, 0.2) is 0 Å². The lowest BCUT2D eigenvalue weighted by Gasteiger charge is -2.39. The molecule has 1 aromatic rings. The Bertz CT molecular complexity index is 508. The van der Waals surface area contributed by atoms with E-state index in [4.69, 9.17) is 4.65 Å². The summed E-state index contributed by atoms with van der Waals surface area (Å²) in [4.78, 5) is 4.91. The highest BCUT2D eigenvalue weighted by molar-refractivity contribution is 7.19. The summed E-state index contributed by atoms with van der Waals surface area (Å²) in [5, 5.41) is 0.0148. The molecule has 0 aromatic heterocycles. The van der Waals surface area contributed by atoms with Gasteiger partial charge in [0.05, 0.1) is 5.60 Å². The van der Waals surface area contributed by atoms with Crippen molar-refractivity contribution in [1.29, 1.82) is 0 Å². The number of hydrogen-bond acceptors (Lipinski definition) is 3. The third-order valence-electron chi connectivity index (χ3n) is 4.99. The molecule has 0 amide bonds. The van der Waals surface area contributed by atoms with Crippen LogP contribution in [0.3, 0.4) is 0 Å². The lowest BCUT2D eigenvalue weighted by atomic mass is 9.83. The molecule has 2 rings (SSSR count). The van der Waals surface area contributed by atoms with Crippen LogP contribution < -0.4 is 5.46 Å². The smallest absolute Gasteiger partial charge is 0.330 e. The largest absolute Gasteiger partial charge is 0.429 e. The van der Waals surface area contributed by atoms with Crippen molar-refractivity contribution in [1.82, 2.24) is 9.80 Å². The van der Waals surface area contributed by atoms with Crippen LogP contribution in [0.1, 0.15) is 33.3 Å². The van der Waals surface area contributed by atoms with Gasteiger partial charge in [0.2, 0.25) is 0 Å². The van der Waals surface area contributed by atoms with Crippen molar-refractivity contribution in [3.63, 3.8) is 0 Å². The van der Waals surface area contributed by atoms with E-state index < -0.39 is 0 Å². The minimum absolute atomic E-state index is 0.0148. The van der Waals surface area contributed by atoms with Crippen LogP contribution in [0.25, 0.3) is 0 Å². The van der Waals surface area contributed by atoms with Gasteiger partial charge in [-0.05, 0) is 26.5 Å². The molecule has 127 valence electrons. The van der Waals surface area contributed by atoms with Crippen molar-refractivity contribution in [3.05, 3.63) is 29.8 Å². The van der Waals surface area contributed by atoms with E-state index in [1.807, 2.05) is 7.48 Å². The van der Waals surface area contributed by atoms with Crippen molar-refractivity contribution >= 4 is 22.2 Å². The van der Waals surface area contributed by atoms with E-state index >= 15 is 0 Å². The summed E-state index contributed by atoms with van der Waals surface area (Å²) in [6.45, 7) is 14.2. The second-order valence-corrected chi connectivity index (χ2v) is 9.24. The summed E-state index contributed by atoms with van der Waals surface area (Å²) in [7, 11) is 6.97. The molecule has 1 radical (unpaired) electrons. The zero-order chi connectivity index (χ0) is 17.1. The third kappa shape index (κ3) is 5.57. The maximum absolute atomic E-state index is 6.07. The van der Waals surface area contributed by atoms with Crippen molar-refractivity contribution in [2.45, 2.75) is 45.0 Å². The van der Waals surface area contributed by atoms with E-state index in [1.165, 1.54) is 5.56 Å². The minimum atomic E-state index is -0.231. The first-order chi connectivity index (χ1) is 10.7. The van der Waals surface area contributed by atoms with Gasteiger partial charge in [-0.3, -0.25) is 4.90 Å². The van der Waals surface area contributed by atoms with Crippen LogP contribution in [-0.4, -0.2) is 61.3 Å². The Morgan fingerprint density at radius 1 is 1.13 bits per heavy atom. The summed E-state index contributed by atoms with van der Waals surface area (Å²) in [6, 6.07) is 8.68. The first-order valence-corrected chi connectivity index (χ1v) is 9.05. The average Bonchev–Trinajstić information content (AvgIpc) is 2.47. The molecule has 1 unspecified atom stereocenters. The van der Waals surface area contributed by atoms with Crippen molar-refractivity contribution < 1.29 is 4.65 Å². The molecule has 0 bridgehead atoms. The summed E-state index contributed by atoms with van der Waals surface area (Å²) < 4.78 is 6.07. The first-order valence-electron chi connectivity index (χ1n) is 8.47. The van der Waals surface area contributed by atoms with Gasteiger partial charge < -0.3 is 9.55 Å². The monoisotopic (exact) mass is 333 g/mol. The Balaban J connectivity index is 1.92. The quantitative estimate of drug-likeness (QED) is 0.586. The molecule has 1 aliphatic heterocycles. The molecule has 1 heterocycles. The summed E-state index contributed by atoms with van der Waals surface area (Å²) >= 11 is 0. The van der Waals surface area contributed by atoms with Crippen LogP contribution in [0.2, 0.25) is 0 Å². The van der Waals surface area contributed by atoms with Gasteiger partial charge in [-0.25, -0.2) is 0 Å². The van der Waals surface area contributed by atoms with Gasteiger partial charge in [-0.15, -0.1) is 9.24 Å². The molecular formula is C18H31BN2OP. The topological polar surface area (TPSA) is 15.7 Å². The van der Waals surface area contributed by atoms with Gasteiger partial charge >= 0.3 is 7.48 Å². The fourth-order valence-electron chi connectivity index (χ4n) is 2.40. The average molecular weight is 333 g/mol. The number of likely N-dealkylation sites (N-methyl/N-ethyl adjacent to an activating group) is 1. The molecular weight excluding hydrogens is 302 g/mol. The van der Waals surface area contributed by atoms with Crippen molar-refractivity contribution in [3.8, 4) is 0 Å². The molecule has 1 aliphatic rings. The molecule has 0 spiro atoms. The van der Waals surface area contributed by atoms with E-state index in [0.717, 1.165) is 38.2 Å². The Kier molecular flexibility index (Phi) is 6.30. The zero-order valence-corrected chi connectivity index (χ0v) is 16.5. The SMILES string of the molecule is CN1CCN(Cc2cccc([B]OC(C)(C)C(C)(C)P)c2)CC1. The van der Waals surface area contributed by atoms with Crippen LogP contribution >= 0.6 is 9.24 Å². The van der Waals surface area contributed by atoms with Gasteiger partial charge in [0.25, 0.3) is 0 Å². The number of hydrogen-bond donors (Lipinski definition) is 0. The molecule has 3 nitrogen and oxygen atoms in total. The lowest BCUT2D eigenvalue weighted by Crippen LogP contribution is -2.45. The Morgan fingerprint density at radius 3 is 2.39 bits per heavy atom. The van der Waals surface area contributed by atoms with E-state index in [1.54, 1.807) is 0 Å². The normalized spacial score (nSPS) is 18.2. The van der Waals surface area contributed by atoms with Gasteiger partial charge in [0, 0.05) is 37.9 Å². The maximum Gasteiger partial charge on any atom is 0.330 e. The predicted molar refractivity (Wildman–Crippen MR) is 104 cm³/mol. The number of rotatable bonds is 6. The first kappa shape index (κ1) is 18.9. The van der Waals surface area contributed by atoms with E-state index in [9.17, 15) is 0 Å². The maximum atomic E-state index is 6.07. The highest BCUT2D eigenvalue weighted by atomic mass is 31.0. The van der Waals surface area contributed by atoms with Crippen LogP contribution in [0.15, 0.2) is 24.3 Å². The molecule has 0 saturated carbocycles. The van der Waals surface area contributed by atoms with Gasteiger partial charge in [-0.2, -0.15) is 0 Å².